The SMILES string of the molecule is CCC(CC)C(C)n1c(=S)[nH]c2c(F)cccc21. The second-order valence-corrected chi connectivity index (χ2v) is 5.14. The summed E-state index contributed by atoms with van der Waals surface area (Å²) in [5.41, 5.74) is 1.37. The number of nitrogens with zero attached hydrogens (tertiary/aromatic N) is 1. The predicted octanol–water partition coefficient (Wildman–Crippen LogP) is 4.84. The molecule has 1 aromatic carbocycles. The molecule has 0 radical (unpaired) electrons. The van der Waals surface area contributed by atoms with E-state index in [4.69, 9.17) is 12.2 Å². The number of halogens is 1. The number of fused-ring (bicyclic) bond motifs is 1. The molecule has 0 aliphatic carbocycles. The Kier molecular flexibility index (Phi) is 3.85. The Labute approximate surface area is 112 Å². The second kappa shape index (κ2) is 5.22. The highest BCUT2D eigenvalue weighted by molar-refractivity contribution is 7.71. The zero-order valence-corrected chi connectivity index (χ0v) is 11.9. The molecule has 2 nitrogen and oxygen atoms in total. The van der Waals surface area contributed by atoms with Gasteiger partial charge < -0.3 is 9.55 Å². The van der Waals surface area contributed by atoms with Crippen LogP contribution in [0.15, 0.2) is 18.2 Å². The van der Waals surface area contributed by atoms with Gasteiger partial charge in [-0.3, -0.25) is 0 Å². The van der Waals surface area contributed by atoms with Crippen molar-refractivity contribution in [2.24, 2.45) is 5.92 Å². The molecule has 2 aromatic rings. The maximum atomic E-state index is 13.7. The quantitative estimate of drug-likeness (QED) is 0.786. The molecule has 4 heteroatoms. The lowest BCUT2D eigenvalue weighted by Gasteiger charge is -2.23. The van der Waals surface area contributed by atoms with Crippen molar-refractivity contribution in [1.82, 2.24) is 9.55 Å². The van der Waals surface area contributed by atoms with Gasteiger partial charge in [0.2, 0.25) is 0 Å². The van der Waals surface area contributed by atoms with Gasteiger partial charge in [0.25, 0.3) is 0 Å². The smallest absolute Gasteiger partial charge is 0.178 e. The third kappa shape index (κ3) is 2.09. The van der Waals surface area contributed by atoms with Crippen LogP contribution in [0, 0.1) is 16.5 Å². The first-order chi connectivity index (χ1) is 8.60. The average molecular weight is 266 g/mol. The maximum absolute atomic E-state index is 13.7. The van der Waals surface area contributed by atoms with Gasteiger partial charge in [0, 0.05) is 6.04 Å². The molecule has 2 rings (SSSR count). The fourth-order valence-corrected chi connectivity index (χ4v) is 3.07. The molecular weight excluding hydrogens is 247 g/mol. The minimum absolute atomic E-state index is 0.242. The van der Waals surface area contributed by atoms with Crippen molar-refractivity contribution in [3.63, 3.8) is 0 Å². The number of hydrogen-bond donors (Lipinski definition) is 1. The van der Waals surface area contributed by atoms with Crippen LogP contribution in [-0.4, -0.2) is 9.55 Å². The van der Waals surface area contributed by atoms with Gasteiger partial charge in [-0.2, -0.15) is 0 Å². The van der Waals surface area contributed by atoms with Crippen molar-refractivity contribution in [2.45, 2.75) is 39.7 Å². The number of aromatic amines is 1. The fraction of sp³-hybridized carbons (Fsp3) is 0.500. The summed E-state index contributed by atoms with van der Waals surface area (Å²) in [6.07, 6.45) is 2.20. The molecule has 18 heavy (non-hydrogen) atoms. The van der Waals surface area contributed by atoms with Gasteiger partial charge in [0.05, 0.1) is 5.52 Å². The van der Waals surface area contributed by atoms with Gasteiger partial charge >= 0.3 is 0 Å². The molecule has 0 spiro atoms. The Bertz CT molecular complexity index is 595. The Morgan fingerprint density at radius 3 is 2.61 bits per heavy atom. The molecule has 0 aliphatic heterocycles. The summed E-state index contributed by atoms with van der Waals surface area (Å²) >= 11 is 5.34. The molecular formula is C14H19FN2S. The van der Waals surface area contributed by atoms with E-state index in [0.717, 1.165) is 18.4 Å². The van der Waals surface area contributed by atoms with Crippen LogP contribution < -0.4 is 0 Å². The molecule has 1 N–H and O–H groups in total. The first kappa shape index (κ1) is 13.3. The summed E-state index contributed by atoms with van der Waals surface area (Å²) in [4.78, 5) is 2.98. The molecule has 0 fully saturated rings. The van der Waals surface area contributed by atoms with Crippen LogP contribution in [-0.2, 0) is 0 Å². The van der Waals surface area contributed by atoms with Crippen molar-refractivity contribution >= 4 is 23.3 Å². The number of H-pyrrole nitrogens is 1. The number of benzene rings is 1. The van der Waals surface area contributed by atoms with Gasteiger partial charge in [0.1, 0.15) is 11.3 Å². The van der Waals surface area contributed by atoms with Crippen LogP contribution in [0.5, 0.6) is 0 Å². The van der Waals surface area contributed by atoms with Gasteiger partial charge in [-0.05, 0) is 37.2 Å². The molecule has 1 heterocycles. The van der Waals surface area contributed by atoms with E-state index in [9.17, 15) is 4.39 Å². The normalized spacial score (nSPS) is 13.4. The van der Waals surface area contributed by atoms with Gasteiger partial charge in [0.15, 0.2) is 4.77 Å². The first-order valence-corrected chi connectivity index (χ1v) is 6.89. The third-order valence-electron chi connectivity index (χ3n) is 3.84. The summed E-state index contributed by atoms with van der Waals surface area (Å²) in [6, 6.07) is 5.39. The minimum Gasteiger partial charge on any atom is -0.328 e. The summed E-state index contributed by atoms with van der Waals surface area (Å²) in [6.45, 7) is 6.53. The highest BCUT2D eigenvalue weighted by Gasteiger charge is 2.19. The van der Waals surface area contributed by atoms with E-state index in [2.05, 4.69) is 25.8 Å². The van der Waals surface area contributed by atoms with Crippen molar-refractivity contribution in [3.05, 3.63) is 28.8 Å². The largest absolute Gasteiger partial charge is 0.328 e. The lowest BCUT2D eigenvalue weighted by molar-refractivity contribution is 0.337. The number of hydrogen-bond acceptors (Lipinski definition) is 1. The van der Waals surface area contributed by atoms with Crippen LogP contribution >= 0.6 is 12.2 Å². The first-order valence-electron chi connectivity index (χ1n) is 6.48. The molecule has 98 valence electrons. The molecule has 1 unspecified atom stereocenters. The van der Waals surface area contributed by atoms with Crippen molar-refractivity contribution in [1.29, 1.82) is 0 Å². The Morgan fingerprint density at radius 2 is 2.00 bits per heavy atom. The Morgan fingerprint density at radius 1 is 1.33 bits per heavy atom. The average Bonchev–Trinajstić information content (AvgIpc) is 2.68. The van der Waals surface area contributed by atoms with Crippen LogP contribution in [0.3, 0.4) is 0 Å². The predicted molar refractivity (Wildman–Crippen MR) is 75.9 cm³/mol. The van der Waals surface area contributed by atoms with E-state index in [0.29, 0.717) is 16.2 Å². The Balaban J connectivity index is 2.60. The molecule has 0 bridgehead atoms. The van der Waals surface area contributed by atoms with Gasteiger partial charge in [-0.25, -0.2) is 4.39 Å². The van der Waals surface area contributed by atoms with E-state index in [1.165, 1.54) is 6.07 Å². The standard InChI is InChI=1S/C14H19FN2S/c1-4-10(5-2)9(3)17-12-8-6-7-11(15)13(12)16-14(17)18/h6-10H,4-5H2,1-3H3,(H,16,18). The number of aromatic nitrogens is 2. The topological polar surface area (TPSA) is 20.7 Å². The van der Waals surface area contributed by atoms with E-state index in [-0.39, 0.29) is 11.9 Å². The van der Waals surface area contributed by atoms with Gasteiger partial charge in [-0.1, -0.05) is 32.8 Å². The Hall–Kier alpha value is -1.16. The third-order valence-corrected chi connectivity index (χ3v) is 4.14. The lowest BCUT2D eigenvalue weighted by atomic mass is 9.95. The summed E-state index contributed by atoms with van der Waals surface area (Å²) in [7, 11) is 0. The second-order valence-electron chi connectivity index (χ2n) is 4.75. The highest BCUT2D eigenvalue weighted by atomic mass is 32.1. The number of nitrogens with one attached hydrogen (secondary N) is 1. The number of para-hydroxylation sites is 1. The molecule has 1 atom stereocenters. The molecule has 0 saturated carbocycles. The highest BCUT2D eigenvalue weighted by Crippen LogP contribution is 2.29. The minimum atomic E-state index is -0.242. The van der Waals surface area contributed by atoms with Gasteiger partial charge in [-0.15, -0.1) is 0 Å². The lowest BCUT2D eigenvalue weighted by Crippen LogP contribution is -2.15. The maximum Gasteiger partial charge on any atom is 0.178 e. The zero-order chi connectivity index (χ0) is 13.3. The van der Waals surface area contributed by atoms with E-state index in [1.807, 2.05) is 10.6 Å². The summed E-state index contributed by atoms with van der Waals surface area (Å²) in [5, 5.41) is 0. The van der Waals surface area contributed by atoms with E-state index < -0.39 is 0 Å². The molecule has 1 aromatic heterocycles. The van der Waals surface area contributed by atoms with Crippen molar-refractivity contribution < 1.29 is 4.39 Å². The van der Waals surface area contributed by atoms with Crippen LogP contribution in [0.2, 0.25) is 0 Å². The fourth-order valence-electron chi connectivity index (χ4n) is 2.70. The number of rotatable bonds is 4. The monoisotopic (exact) mass is 266 g/mol. The summed E-state index contributed by atoms with van der Waals surface area (Å²) < 4.78 is 16.4. The van der Waals surface area contributed by atoms with Crippen LogP contribution in [0.4, 0.5) is 4.39 Å². The van der Waals surface area contributed by atoms with E-state index in [1.54, 1.807) is 6.07 Å². The molecule has 0 aliphatic rings. The van der Waals surface area contributed by atoms with E-state index >= 15 is 0 Å². The van der Waals surface area contributed by atoms with Crippen molar-refractivity contribution in [3.8, 4) is 0 Å². The zero-order valence-electron chi connectivity index (χ0n) is 11.0. The van der Waals surface area contributed by atoms with Crippen LogP contribution in [0.1, 0.15) is 39.7 Å². The van der Waals surface area contributed by atoms with Crippen LogP contribution in [0.25, 0.3) is 11.0 Å². The molecule has 0 saturated heterocycles. The summed E-state index contributed by atoms with van der Waals surface area (Å²) in [5.74, 6) is 0.313. The van der Waals surface area contributed by atoms with Crippen molar-refractivity contribution in [2.75, 3.05) is 0 Å². The molecule has 0 amide bonds. The number of imidazole rings is 1.